The molecule has 0 saturated carbocycles. The first-order valence-electron chi connectivity index (χ1n) is 6.47. The summed E-state index contributed by atoms with van der Waals surface area (Å²) in [5, 5.41) is 0. The zero-order chi connectivity index (χ0) is 13.9. The molecule has 0 amide bonds. The van der Waals surface area contributed by atoms with Crippen LogP contribution in [0.2, 0.25) is 0 Å². The number of aryl methyl sites for hydroxylation is 1. The first-order chi connectivity index (χ1) is 8.99. The summed E-state index contributed by atoms with van der Waals surface area (Å²) in [7, 11) is -3.35. The van der Waals surface area contributed by atoms with E-state index in [1.54, 1.807) is 6.07 Å². The largest absolute Gasteiger partial charge is 0.303 e. The Morgan fingerprint density at radius 2 is 2.11 bits per heavy atom. The smallest absolute Gasteiger partial charge is 0.241 e. The standard InChI is InChI=1S/C12H19BrN2O2S2/c1-10-11(9-12(13)18-10)19(16,17)14-5-4-8-15-6-2-3-7-15/h9,14H,2-8H2,1H3. The Morgan fingerprint density at radius 3 is 2.68 bits per heavy atom. The predicted octanol–water partition coefficient (Wildman–Crippen LogP) is 2.58. The number of halogens is 1. The van der Waals surface area contributed by atoms with Gasteiger partial charge in [-0.15, -0.1) is 11.3 Å². The quantitative estimate of drug-likeness (QED) is 0.787. The van der Waals surface area contributed by atoms with Crippen LogP contribution in [0.15, 0.2) is 14.7 Å². The summed E-state index contributed by atoms with van der Waals surface area (Å²) < 4.78 is 27.8. The fourth-order valence-electron chi connectivity index (χ4n) is 2.29. The van der Waals surface area contributed by atoms with Crippen LogP contribution in [-0.4, -0.2) is 39.5 Å². The zero-order valence-electron chi connectivity index (χ0n) is 11.0. The Bertz CT molecular complexity index is 522. The van der Waals surface area contributed by atoms with Crippen molar-refractivity contribution >= 4 is 37.3 Å². The van der Waals surface area contributed by atoms with Gasteiger partial charge in [-0.05, 0) is 67.8 Å². The van der Waals surface area contributed by atoms with Crippen molar-refractivity contribution in [1.82, 2.24) is 9.62 Å². The molecule has 1 aliphatic rings. The van der Waals surface area contributed by atoms with Crippen molar-refractivity contribution in [3.8, 4) is 0 Å². The van der Waals surface area contributed by atoms with Crippen molar-refractivity contribution in [3.05, 3.63) is 14.7 Å². The summed E-state index contributed by atoms with van der Waals surface area (Å²) in [6.07, 6.45) is 3.41. The van der Waals surface area contributed by atoms with Crippen molar-refractivity contribution in [2.45, 2.75) is 31.1 Å². The van der Waals surface area contributed by atoms with E-state index in [0.717, 1.165) is 34.7 Å². The number of hydrogen-bond acceptors (Lipinski definition) is 4. The number of hydrogen-bond donors (Lipinski definition) is 1. The van der Waals surface area contributed by atoms with Gasteiger partial charge in [0.15, 0.2) is 0 Å². The maximum Gasteiger partial charge on any atom is 0.241 e. The van der Waals surface area contributed by atoms with Gasteiger partial charge in [-0.2, -0.15) is 0 Å². The second-order valence-corrected chi connectivity index (χ2v) is 9.14. The first-order valence-corrected chi connectivity index (χ1v) is 9.56. The van der Waals surface area contributed by atoms with Crippen LogP contribution in [-0.2, 0) is 10.0 Å². The van der Waals surface area contributed by atoms with Gasteiger partial charge in [-0.1, -0.05) is 0 Å². The summed E-state index contributed by atoms with van der Waals surface area (Å²) in [4.78, 5) is 3.60. The highest BCUT2D eigenvalue weighted by molar-refractivity contribution is 9.11. The van der Waals surface area contributed by atoms with E-state index in [1.807, 2.05) is 6.92 Å². The van der Waals surface area contributed by atoms with Crippen LogP contribution >= 0.6 is 27.3 Å². The van der Waals surface area contributed by atoms with Crippen molar-refractivity contribution in [3.63, 3.8) is 0 Å². The molecule has 7 heteroatoms. The molecule has 108 valence electrons. The predicted molar refractivity (Wildman–Crippen MR) is 82.2 cm³/mol. The average Bonchev–Trinajstić information content (AvgIpc) is 2.94. The molecule has 1 N–H and O–H groups in total. The molecule has 0 unspecified atom stereocenters. The molecule has 0 spiro atoms. The Balaban J connectivity index is 1.82. The molecule has 0 aliphatic carbocycles. The second-order valence-electron chi connectivity index (χ2n) is 4.77. The summed E-state index contributed by atoms with van der Waals surface area (Å²) >= 11 is 4.77. The third-order valence-electron chi connectivity index (χ3n) is 3.27. The Kier molecular flexibility index (Phi) is 5.42. The van der Waals surface area contributed by atoms with Gasteiger partial charge in [0.05, 0.1) is 8.68 Å². The normalized spacial score (nSPS) is 17.2. The monoisotopic (exact) mass is 366 g/mol. The fourth-order valence-corrected chi connectivity index (χ4v) is 5.78. The highest BCUT2D eigenvalue weighted by atomic mass is 79.9. The molecular formula is C12H19BrN2O2S2. The van der Waals surface area contributed by atoms with Gasteiger partial charge in [0.1, 0.15) is 0 Å². The highest BCUT2D eigenvalue weighted by Crippen LogP contribution is 2.29. The minimum atomic E-state index is -3.35. The van der Waals surface area contributed by atoms with Crippen molar-refractivity contribution in [1.29, 1.82) is 0 Å². The Morgan fingerprint density at radius 1 is 1.42 bits per heavy atom. The van der Waals surface area contributed by atoms with Crippen LogP contribution in [0.4, 0.5) is 0 Å². The lowest BCUT2D eigenvalue weighted by Crippen LogP contribution is -2.28. The van der Waals surface area contributed by atoms with Crippen LogP contribution in [0.25, 0.3) is 0 Å². The lowest BCUT2D eigenvalue weighted by molar-refractivity contribution is 0.334. The maximum atomic E-state index is 12.1. The fraction of sp³-hybridized carbons (Fsp3) is 0.667. The summed E-state index contributed by atoms with van der Waals surface area (Å²) in [5.41, 5.74) is 0. The number of likely N-dealkylation sites (tertiary alicyclic amines) is 1. The number of sulfonamides is 1. The second kappa shape index (κ2) is 6.67. The minimum absolute atomic E-state index is 0.394. The molecule has 1 aliphatic heterocycles. The van der Waals surface area contributed by atoms with Crippen molar-refractivity contribution in [2.24, 2.45) is 0 Å². The third-order valence-corrected chi connectivity index (χ3v) is 6.54. The van der Waals surface area contributed by atoms with Crippen LogP contribution < -0.4 is 4.72 Å². The van der Waals surface area contributed by atoms with Crippen LogP contribution in [0.5, 0.6) is 0 Å². The van der Waals surface area contributed by atoms with Gasteiger partial charge in [-0.25, -0.2) is 13.1 Å². The van der Waals surface area contributed by atoms with Gasteiger partial charge in [0.25, 0.3) is 0 Å². The molecule has 2 heterocycles. The summed E-state index contributed by atoms with van der Waals surface area (Å²) in [6, 6.07) is 1.67. The van der Waals surface area contributed by atoms with Crippen LogP contribution in [0.1, 0.15) is 24.1 Å². The lowest BCUT2D eigenvalue weighted by Gasteiger charge is -2.14. The minimum Gasteiger partial charge on any atom is -0.303 e. The third kappa shape index (κ3) is 4.26. The van der Waals surface area contributed by atoms with Gasteiger partial charge < -0.3 is 4.90 Å². The van der Waals surface area contributed by atoms with E-state index in [9.17, 15) is 8.42 Å². The molecule has 4 nitrogen and oxygen atoms in total. The van der Waals surface area contributed by atoms with E-state index in [-0.39, 0.29) is 0 Å². The van der Waals surface area contributed by atoms with E-state index in [0.29, 0.717) is 11.4 Å². The Labute approximate surface area is 127 Å². The van der Waals surface area contributed by atoms with Gasteiger partial charge >= 0.3 is 0 Å². The van der Waals surface area contributed by atoms with Crippen molar-refractivity contribution in [2.75, 3.05) is 26.2 Å². The lowest BCUT2D eigenvalue weighted by atomic mass is 10.4. The molecule has 19 heavy (non-hydrogen) atoms. The molecule has 1 fully saturated rings. The van der Waals surface area contributed by atoms with Gasteiger partial charge in [0.2, 0.25) is 10.0 Å². The molecule has 2 rings (SSSR count). The van der Waals surface area contributed by atoms with Crippen LogP contribution in [0, 0.1) is 6.92 Å². The topological polar surface area (TPSA) is 49.4 Å². The van der Waals surface area contributed by atoms with Crippen molar-refractivity contribution < 1.29 is 8.42 Å². The van der Waals surface area contributed by atoms with E-state index >= 15 is 0 Å². The Hall–Kier alpha value is 0.0500. The zero-order valence-corrected chi connectivity index (χ0v) is 14.2. The maximum absolute atomic E-state index is 12.1. The number of nitrogens with one attached hydrogen (secondary N) is 1. The average molecular weight is 367 g/mol. The van der Waals surface area contributed by atoms with E-state index in [4.69, 9.17) is 0 Å². The molecule has 0 atom stereocenters. The summed E-state index contributed by atoms with van der Waals surface area (Å²) in [5.74, 6) is 0. The molecule has 0 aromatic carbocycles. The van der Waals surface area contributed by atoms with Crippen LogP contribution in [0.3, 0.4) is 0 Å². The highest BCUT2D eigenvalue weighted by Gasteiger charge is 2.19. The molecule has 1 aromatic rings. The van der Waals surface area contributed by atoms with Gasteiger partial charge in [0, 0.05) is 11.4 Å². The molecule has 1 saturated heterocycles. The molecule has 0 radical (unpaired) electrons. The van der Waals surface area contributed by atoms with E-state index in [1.165, 1.54) is 24.2 Å². The molecular weight excluding hydrogens is 348 g/mol. The number of thiophene rings is 1. The van der Waals surface area contributed by atoms with E-state index in [2.05, 4.69) is 25.6 Å². The number of rotatable bonds is 6. The van der Waals surface area contributed by atoms with Gasteiger partial charge in [-0.3, -0.25) is 0 Å². The molecule has 0 bridgehead atoms. The first kappa shape index (κ1) is 15.4. The SMILES string of the molecule is Cc1sc(Br)cc1S(=O)(=O)NCCCN1CCCC1. The number of nitrogens with zero attached hydrogens (tertiary/aromatic N) is 1. The van der Waals surface area contributed by atoms with E-state index < -0.39 is 10.0 Å². The summed E-state index contributed by atoms with van der Waals surface area (Å²) in [6.45, 7) is 5.63. The molecule has 1 aromatic heterocycles.